The number of benzene rings is 1. The Hall–Kier alpha value is -2.19. The molecule has 1 fully saturated rings. The van der Waals surface area contributed by atoms with E-state index in [2.05, 4.69) is 15.9 Å². The van der Waals surface area contributed by atoms with Crippen LogP contribution in [-0.2, 0) is 39.9 Å². The number of methoxy groups -OCH3 is 1. The molecule has 0 unspecified atom stereocenters. The molecule has 1 saturated heterocycles. The van der Waals surface area contributed by atoms with Crippen molar-refractivity contribution in [3.63, 3.8) is 0 Å². The van der Waals surface area contributed by atoms with Gasteiger partial charge in [0.05, 0.1) is 30.3 Å². The first-order chi connectivity index (χ1) is 19.3. The molecule has 0 bridgehead atoms. The number of amides is 2. The summed E-state index contributed by atoms with van der Waals surface area (Å²) in [6, 6.07) is 8.96. The monoisotopic (exact) mass is 641 g/mol. The summed E-state index contributed by atoms with van der Waals surface area (Å²) >= 11 is 3.21. The molecule has 2 N–H and O–H groups in total. The van der Waals surface area contributed by atoms with Gasteiger partial charge in [0.2, 0.25) is 0 Å². The molecule has 0 saturated carbocycles. The van der Waals surface area contributed by atoms with Gasteiger partial charge in [-0.3, -0.25) is 9.59 Å². The van der Waals surface area contributed by atoms with Crippen molar-refractivity contribution in [2.45, 2.75) is 82.9 Å². The molecule has 2 aliphatic heterocycles. The van der Waals surface area contributed by atoms with Crippen LogP contribution in [-0.4, -0.2) is 95.6 Å². The maximum atomic E-state index is 13.6. The number of nitrogens with zero attached hydrogens (tertiary/aromatic N) is 1. The highest BCUT2D eigenvalue weighted by Gasteiger charge is 2.55. The lowest BCUT2D eigenvalue weighted by atomic mass is 9.88. The second-order valence-corrected chi connectivity index (χ2v) is 11.9. The van der Waals surface area contributed by atoms with E-state index < -0.39 is 53.5 Å². The predicted octanol–water partition coefficient (Wildman–Crippen LogP) is 3.09. The fourth-order valence-corrected chi connectivity index (χ4v) is 5.70. The van der Waals surface area contributed by atoms with Crippen molar-refractivity contribution in [1.82, 2.24) is 4.90 Å². The summed E-state index contributed by atoms with van der Waals surface area (Å²) in [5.41, 5.74) is 0.0309. The first kappa shape index (κ1) is 33.3. The summed E-state index contributed by atoms with van der Waals surface area (Å²) in [7, 11) is 1.23. The second-order valence-electron chi connectivity index (χ2n) is 11.0. The van der Waals surface area contributed by atoms with Gasteiger partial charge in [-0.15, -0.1) is 0 Å². The Morgan fingerprint density at radius 3 is 2.49 bits per heavy atom. The van der Waals surface area contributed by atoms with Gasteiger partial charge in [-0.1, -0.05) is 44.2 Å². The Labute approximate surface area is 248 Å². The lowest BCUT2D eigenvalue weighted by molar-refractivity contribution is -0.227. The molecule has 0 aromatic heterocycles. The molecule has 41 heavy (non-hydrogen) atoms. The van der Waals surface area contributed by atoms with Crippen LogP contribution in [0.25, 0.3) is 0 Å². The maximum absolute atomic E-state index is 13.6. The van der Waals surface area contributed by atoms with Crippen LogP contribution in [0.5, 0.6) is 0 Å². The summed E-state index contributed by atoms with van der Waals surface area (Å²) in [5.74, 6) is -3.47. The zero-order chi connectivity index (χ0) is 30.4. The highest BCUT2D eigenvalue weighted by molar-refractivity contribution is 9.11. The molecule has 0 radical (unpaired) electrons. The van der Waals surface area contributed by atoms with Crippen LogP contribution in [0.15, 0.2) is 40.9 Å². The van der Waals surface area contributed by atoms with Gasteiger partial charge in [0, 0.05) is 20.1 Å². The number of rotatable bonds is 14. The van der Waals surface area contributed by atoms with Crippen LogP contribution in [0.1, 0.15) is 46.1 Å². The molecule has 1 aromatic carbocycles. The number of hydrogen-bond acceptors (Lipinski definition) is 10. The third-order valence-electron chi connectivity index (χ3n) is 7.06. The number of imide groups is 1. The van der Waals surface area contributed by atoms with Gasteiger partial charge in [-0.25, -0.2) is 9.69 Å². The Bertz CT molecular complexity index is 1090. The van der Waals surface area contributed by atoms with E-state index in [4.69, 9.17) is 23.7 Å². The average molecular weight is 643 g/mol. The van der Waals surface area contributed by atoms with Gasteiger partial charge in [0.1, 0.15) is 11.7 Å². The lowest BCUT2D eigenvalue weighted by Gasteiger charge is -2.38. The van der Waals surface area contributed by atoms with Crippen LogP contribution >= 0.6 is 15.9 Å². The molecule has 12 heteroatoms. The van der Waals surface area contributed by atoms with Gasteiger partial charge in [0.15, 0.2) is 23.8 Å². The molecule has 2 amide bonds. The Balaban J connectivity index is 1.59. The number of ether oxygens (including phenoxy) is 5. The minimum atomic E-state index is -1.94. The van der Waals surface area contributed by atoms with Crippen LogP contribution in [0.2, 0.25) is 0 Å². The topological polar surface area (TPSA) is 141 Å². The number of halogens is 1. The number of ketones is 1. The first-order valence-electron chi connectivity index (χ1n) is 13.6. The number of carbonyl (C=O) groups excluding carboxylic acids is 3. The van der Waals surface area contributed by atoms with E-state index in [0.717, 1.165) is 16.5 Å². The van der Waals surface area contributed by atoms with E-state index in [0.29, 0.717) is 13.0 Å². The molecular formula is C29H40BrNO10. The van der Waals surface area contributed by atoms with Gasteiger partial charge in [-0.05, 0) is 53.8 Å². The standard InChI is InChI=1S/C29H40BrNO10/c1-18(2)25-28(3,4)41-27(35)31(25)26(34)24(37-5)23-21(33)14-22(30)29(36,40-23)12-9-13-38-17-20(15-32)39-16-19-10-7-6-8-11-19/h6-8,10-11,14,18,20,23-25,32,36H,9,12-13,15-17H2,1-5H3/t20-,23+,24-,25-,29+/m1/s1. The smallest absolute Gasteiger partial charge is 0.417 e. The number of aliphatic hydroxyl groups is 2. The van der Waals surface area contributed by atoms with E-state index in [1.165, 1.54) is 7.11 Å². The van der Waals surface area contributed by atoms with Crippen LogP contribution in [0.3, 0.4) is 0 Å². The Morgan fingerprint density at radius 1 is 1.20 bits per heavy atom. The van der Waals surface area contributed by atoms with Crippen molar-refractivity contribution in [2.75, 3.05) is 26.9 Å². The number of hydrogen-bond donors (Lipinski definition) is 2. The molecule has 5 atom stereocenters. The minimum Gasteiger partial charge on any atom is -0.441 e. The maximum Gasteiger partial charge on any atom is 0.417 e. The second kappa shape index (κ2) is 14.3. The zero-order valence-corrected chi connectivity index (χ0v) is 25.7. The van der Waals surface area contributed by atoms with Crippen LogP contribution in [0, 0.1) is 5.92 Å². The SMILES string of the molecule is CO[C@@H](C(=O)N1C(=O)OC(C)(C)[C@H]1C(C)C)[C@H]1O[C@@](O)(CCCOC[C@@H](CO)OCc2ccccc2)C(Br)=CC1=O. The lowest BCUT2D eigenvalue weighted by Crippen LogP contribution is -2.58. The van der Waals surface area contributed by atoms with Gasteiger partial charge in [-0.2, -0.15) is 0 Å². The summed E-state index contributed by atoms with van der Waals surface area (Å²) in [5, 5.41) is 20.9. The van der Waals surface area contributed by atoms with Crippen molar-refractivity contribution >= 4 is 33.7 Å². The van der Waals surface area contributed by atoms with E-state index in [1.807, 2.05) is 44.2 Å². The molecule has 2 aliphatic rings. The number of carbonyl (C=O) groups is 3. The quantitative estimate of drug-likeness (QED) is 0.291. The van der Waals surface area contributed by atoms with Crippen LogP contribution < -0.4 is 0 Å². The highest BCUT2D eigenvalue weighted by atomic mass is 79.9. The molecule has 0 aliphatic carbocycles. The van der Waals surface area contributed by atoms with Crippen molar-refractivity contribution < 1.29 is 48.3 Å². The zero-order valence-electron chi connectivity index (χ0n) is 24.1. The summed E-state index contributed by atoms with van der Waals surface area (Å²) in [6.45, 7) is 7.60. The van der Waals surface area contributed by atoms with Crippen molar-refractivity contribution in [2.24, 2.45) is 5.92 Å². The molecule has 0 spiro atoms. The molecule has 11 nitrogen and oxygen atoms in total. The Kier molecular flexibility index (Phi) is 11.6. The molecule has 2 heterocycles. The van der Waals surface area contributed by atoms with Gasteiger partial charge in [0.25, 0.3) is 5.91 Å². The number of aliphatic hydroxyl groups excluding tert-OH is 1. The molecular weight excluding hydrogens is 602 g/mol. The van der Waals surface area contributed by atoms with E-state index in [9.17, 15) is 24.6 Å². The summed E-state index contributed by atoms with van der Waals surface area (Å²) in [4.78, 5) is 40.1. The summed E-state index contributed by atoms with van der Waals surface area (Å²) < 4.78 is 28.1. The van der Waals surface area contributed by atoms with E-state index in [1.54, 1.807) is 13.8 Å². The molecule has 1 aromatic rings. The fourth-order valence-electron chi connectivity index (χ4n) is 5.18. The number of cyclic esters (lactones) is 1. The van der Waals surface area contributed by atoms with E-state index >= 15 is 0 Å². The van der Waals surface area contributed by atoms with Gasteiger partial charge < -0.3 is 33.9 Å². The molecule has 228 valence electrons. The first-order valence-corrected chi connectivity index (χ1v) is 14.4. The van der Waals surface area contributed by atoms with Gasteiger partial charge >= 0.3 is 6.09 Å². The normalized spacial score (nSPS) is 25.7. The van der Waals surface area contributed by atoms with Crippen LogP contribution in [0.4, 0.5) is 4.79 Å². The summed E-state index contributed by atoms with van der Waals surface area (Å²) in [6.07, 6.45) is -2.89. The fraction of sp³-hybridized carbons (Fsp3) is 0.621. The molecule has 3 rings (SSSR count). The third-order valence-corrected chi connectivity index (χ3v) is 7.91. The average Bonchev–Trinajstić information content (AvgIpc) is 3.17. The predicted molar refractivity (Wildman–Crippen MR) is 151 cm³/mol. The van der Waals surface area contributed by atoms with E-state index in [-0.39, 0.29) is 36.6 Å². The third kappa shape index (κ3) is 8.01. The Morgan fingerprint density at radius 2 is 1.88 bits per heavy atom. The van der Waals surface area contributed by atoms with Crippen molar-refractivity contribution in [3.8, 4) is 0 Å². The van der Waals surface area contributed by atoms with Crippen molar-refractivity contribution in [3.05, 3.63) is 46.5 Å². The highest BCUT2D eigenvalue weighted by Crippen LogP contribution is 2.38. The van der Waals surface area contributed by atoms with Crippen molar-refractivity contribution in [1.29, 1.82) is 0 Å². The minimum absolute atomic E-state index is 0.0144. The largest absolute Gasteiger partial charge is 0.441 e.